The number of rotatable bonds is 5. The van der Waals surface area contributed by atoms with Crippen LogP contribution in [0, 0.1) is 5.92 Å². The Bertz CT molecular complexity index is 474. The molecular formula is C15H19NO4. The van der Waals surface area contributed by atoms with Crippen molar-refractivity contribution >= 4 is 11.9 Å². The van der Waals surface area contributed by atoms with Crippen molar-refractivity contribution in [3.05, 3.63) is 35.9 Å². The Morgan fingerprint density at radius 3 is 2.65 bits per heavy atom. The molecule has 0 aromatic heterocycles. The number of carbonyl (C=O) groups is 2. The molecule has 0 saturated carbocycles. The summed E-state index contributed by atoms with van der Waals surface area (Å²) in [6, 6.07) is 8.54. The lowest BCUT2D eigenvalue weighted by atomic mass is 9.91. The van der Waals surface area contributed by atoms with E-state index in [-0.39, 0.29) is 11.9 Å². The van der Waals surface area contributed by atoms with Gasteiger partial charge in [0.1, 0.15) is 12.1 Å². The molecule has 1 aromatic carbocycles. The highest BCUT2D eigenvalue weighted by atomic mass is 16.5. The predicted molar refractivity (Wildman–Crippen MR) is 73.2 cm³/mol. The van der Waals surface area contributed by atoms with E-state index in [1.165, 1.54) is 0 Å². The Hall–Kier alpha value is -1.88. The van der Waals surface area contributed by atoms with Crippen LogP contribution in [0.3, 0.4) is 0 Å². The first-order valence-corrected chi connectivity index (χ1v) is 6.81. The number of carboxylic acid groups (broad SMARTS) is 1. The Balaban J connectivity index is 2.10. The van der Waals surface area contributed by atoms with E-state index in [0.29, 0.717) is 19.4 Å². The minimum atomic E-state index is -0.921. The van der Waals surface area contributed by atoms with Crippen molar-refractivity contribution in [3.8, 4) is 0 Å². The summed E-state index contributed by atoms with van der Waals surface area (Å²) in [6.07, 6.45) is 1.11. The third kappa shape index (κ3) is 3.36. The van der Waals surface area contributed by atoms with Gasteiger partial charge in [-0.15, -0.1) is 0 Å². The molecular weight excluding hydrogens is 258 g/mol. The van der Waals surface area contributed by atoms with Gasteiger partial charge in [0.25, 0.3) is 0 Å². The fraction of sp³-hybridized carbons (Fsp3) is 0.467. The first-order chi connectivity index (χ1) is 9.61. The van der Waals surface area contributed by atoms with Crippen molar-refractivity contribution in [2.24, 2.45) is 5.92 Å². The van der Waals surface area contributed by atoms with Crippen molar-refractivity contribution in [3.63, 3.8) is 0 Å². The molecule has 1 heterocycles. The monoisotopic (exact) mass is 277 g/mol. The maximum absolute atomic E-state index is 11.9. The molecule has 20 heavy (non-hydrogen) atoms. The first-order valence-electron chi connectivity index (χ1n) is 6.81. The van der Waals surface area contributed by atoms with E-state index in [1.807, 2.05) is 30.3 Å². The molecule has 2 N–H and O–H groups in total. The van der Waals surface area contributed by atoms with Gasteiger partial charge in [0.05, 0.1) is 6.61 Å². The Kier molecular flexibility index (Phi) is 4.74. The number of esters is 1. The summed E-state index contributed by atoms with van der Waals surface area (Å²) in [5.74, 6) is -1.34. The van der Waals surface area contributed by atoms with Gasteiger partial charge >= 0.3 is 11.9 Å². The molecule has 1 aromatic rings. The molecule has 1 aliphatic heterocycles. The maximum Gasteiger partial charge on any atom is 0.323 e. The van der Waals surface area contributed by atoms with Crippen LogP contribution in [-0.2, 0) is 20.7 Å². The van der Waals surface area contributed by atoms with Crippen LogP contribution in [0.5, 0.6) is 0 Å². The first kappa shape index (κ1) is 14.5. The van der Waals surface area contributed by atoms with Crippen LogP contribution in [0.1, 0.15) is 18.9 Å². The second kappa shape index (κ2) is 6.52. The quantitative estimate of drug-likeness (QED) is 0.792. The lowest BCUT2D eigenvalue weighted by Crippen LogP contribution is -2.42. The van der Waals surface area contributed by atoms with E-state index in [4.69, 9.17) is 9.84 Å². The number of aliphatic carboxylic acids is 1. The summed E-state index contributed by atoms with van der Waals surface area (Å²) < 4.78 is 5.03. The molecule has 3 atom stereocenters. The van der Waals surface area contributed by atoms with Gasteiger partial charge in [0, 0.05) is 0 Å². The summed E-state index contributed by atoms with van der Waals surface area (Å²) in [6.45, 7) is 2.04. The molecule has 0 aliphatic carbocycles. The highest BCUT2D eigenvalue weighted by Gasteiger charge is 2.41. The van der Waals surface area contributed by atoms with Crippen LogP contribution < -0.4 is 5.32 Å². The summed E-state index contributed by atoms with van der Waals surface area (Å²) >= 11 is 0. The Morgan fingerprint density at radius 2 is 2.05 bits per heavy atom. The lowest BCUT2D eigenvalue weighted by molar-refractivity contribution is -0.146. The molecule has 1 fully saturated rings. The molecule has 1 aliphatic rings. The van der Waals surface area contributed by atoms with Crippen LogP contribution in [0.2, 0.25) is 0 Å². The number of carbonyl (C=O) groups excluding carboxylic acids is 1. The van der Waals surface area contributed by atoms with Crippen molar-refractivity contribution in [2.75, 3.05) is 6.61 Å². The maximum atomic E-state index is 11.9. The molecule has 108 valence electrons. The smallest absolute Gasteiger partial charge is 0.323 e. The van der Waals surface area contributed by atoms with Crippen molar-refractivity contribution in [1.82, 2.24) is 5.32 Å². The van der Waals surface area contributed by atoms with Crippen LogP contribution in [-0.4, -0.2) is 35.7 Å². The third-order valence-corrected chi connectivity index (χ3v) is 3.57. The van der Waals surface area contributed by atoms with Gasteiger partial charge in [-0.1, -0.05) is 30.3 Å². The van der Waals surface area contributed by atoms with E-state index in [2.05, 4.69) is 5.32 Å². The topological polar surface area (TPSA) is 75.6 Å². The van der Waals surface area contributed by atoms with Gasteiger partial charge in [-0.25, -0.2) is 0 Å². The molecule has 0 amide bonds. The lowest BCUT2D eigenvalue weighted by Gasteiger charge is -2.17. The van der Waals surface area contributed by atoms with E-state index in [1.54, 1.807) is 6.92 Å². The molecule has 2 rings (SSSR count). The zero-order chi connectivity index (χ0) is 14.5. The number of carboxylic acids is 1. The number of hydrogen-bond acceptors (Lipinski definition) is 4. The molecule has 0 radical (unpaired) electrons. The van der Waals surface area contributed by atoms with Crippen LogP contribution in [0.15, 0.2) is 30.3 Å². The zero-order valence-corrected chi connectivity index (χ0v) is 11.4. The van der Waals surface area contributed by atoms with Gasteiger partial charge in [0.15, 0.2) is 0 Å². The largest absolute Gasteiger partial charge is 0.480 e. The van der Waals surface area contributed by atoms with E-state index < -0.39 is 18.1 Å². The van der Waals surface area contributed by atoms with Gasteiger partial charge in [-0.2, -0.15) is 0 Å². The summed E-state index contributed by atoms with van der Waals surface area (Å²) in [5.41, 5.74) is 1.10. The molecule has 1 saturated heterocycles. The second-order valence-corrected chi connectivity index (χ2v) is 4.97. The average Bonchev–Trinajstić information content (AvgIpc) is 2.84. The Labute approximate surface area is 117 Å². The summed E-state index contributed by atoms with van der Waals surface area (Å²) in [5, 5.41) is 12.0. The molecule has 5 heteroatoms. The Morgan fingerprint density at radius 1 is 1.35 bits per heavy atom. The normalized spacial score (nSPS) is 25.4. The fourth-order valence-corrected chi connectivity index (χ4v) is 2.64. The second-order valence-electron chi connectivity index (χ2n) is 4.97. The number of nitrogens with one attached hydrogen (secondary N) is 1. The molecule has 5 nitrogen and oxygen atoms in total. The standard InChI is InChI=1S/C15H19NO4/c1-2-20-15(19)13-11(9-12(16-13)14(17)18)8-10-6-4-3-5-7-10/h3-7,11-13,16H,2,8-9H2,1H3,(H,17,18)/t11-,12-,13+/m0/s1. The highest BCUT2D eigenvalue weighted by molar-refractivity contribution is 5.80. The van der Waals surface area contributed by atoms with Gasteiger partial charge in [-0.05, 0) is 31.2 Å². The van der Waals surface area contributed by atoms with Crippen LogP contribution >= 0.6 is 0 Å². The van der Waals surface area contributed by atoms with Gasteiger partial charge < -0.3 is 9.84 Å². The number of benzene rings is 1. The number of ether oxygens (including phenoxy) is 1. The third-order valence-electron chi connectivity index (χ3n) is 3.57. The highest BCUT2D eigenvalue weighted by Crippen LogP contribution is 2.25. The molecule has 0 spiro atoms. The number of hydrogen-bond donors (Lipinski definition) is 2. The van der Waals surface area contributed by atoms with Crippen molar-refractivity contribution in [2.45, 2.75) is 31.8 Å². The van der Waals surface area contributed by atoms with E-state index in [0.717, 1.165) is 5.56 Å². The SMILES string of the molecule is CCOC(=O)[C@@H]1N[C@H](C(=O)O)C[C@@H]1Cc1ccccc1. The summed E-state index contributed by atoms with van der Waals surface area (Å²) in [7, 11) is 0. The minimum absolute atomic E-state index is 0.0578. The minimum Gasteiger partial charge on any atom is -0.480 e. The van der Waals surface area contributed by atoms with Crippen LogP contribution in [0.4, 0.5) is 0 Å². The van der Waals surface area contributed by atoms with Gasteiger partial charge in [0.2, 0.25) is 0 Å². The summed E-state index contributed by atoms with van der Waals surface area (Å²) in [4.78, 5) is 23.0. The van der Waals surface area contributed by atoms with Crippen molar-refractivity contribution < 1.29 is 19.4 Å². The zero-order valence-electron chi connectivity index (χ0n) is 11.4. The predicted octanol–water partition coefficient (Wildman–Crippen LogP) is 1.22. The van der Waals surface area contributed by atoms with E-state index >= 15 is 0 Å². The van der Waals surface area contributed by atoms with Crippen molar-refractivity contribution in [1.29, 1.82) is 0 Å². The van der Waals surface area contributed by atoms with Gasteiger partial charge in [-0.3, -0.25) is 14.9 Å². The average molecular weight is 277 g/mol. The fourth-order valence-electron chi connectivity index (χ4n) is 2.64. The molecule has 0 unspecified atom stereocenters. The van der Waals surface area contributed by atoms with E-state index in [9.17, 15) is 9.59 Å². The molecule has 0 bridgehead atoms. The van der Waals surface area contributed by atoms with Crippen LogP contribution in [0.25, 0.3) is 0 Å².